The van der Waals surface area contributed by atoms with E-state index in [1.54, 1.807) is 30.3 Å². The maximum absolute atomic E-state index is 11.8. The van der Waals surface area contributed by atoms with Crippen molar-refractivity contribution in [1.29, 1.82) is 0 Å². The molecule has 1 N–H and O–H groups in total. The van der Waals surface area contributed by atoms with Gasteiger partial charge >= 0.3 is 5.69 Å². The van der Waals surface area contributed by atoms with E-state index in [0.29, 0.717) is 31.1 Å². The number of hydrogen-bond acceptors (Lipinski definition) is 4. The van der Waals surface area contributed by atoms with Crippen molar-refractivity contribution in [3.63, 3.8) is 0 Å². The van der Waals surface area contributed by atoms with Crippen LogP contribution in [-0.2, 0) is 11.3 Å². The van der Waals surface area contributed by atoms with Crippen molar-refractivity contribution >= 4 is 5.91 Å². The fourth-order valence-corrected chi connectivity index (χ4v) is 2.39. The Labute approximate surface area is 108 Å². The fourth-order valence-electron chi connectivity index (χ4n) is 2.39. The summed E-state index contributed by atoms with van der Waals surface area (Å²) in [5, 5.41) is 6.49. The Balaban J connectivity index is 1.91. The van der Waals surface area contributed by atoms with Gasteiger partial charge < -0.3 is 9.32 Å². The summed E-state index contributed by atoms with van der Waals surface area (Å²) in [5.74, 6) is 1.32. The minimum absolute atomic E-state index is 0.0496. The molecule has 1 aliphatic rings. The third-order valence-corrected chi connectivity index (χ3v) is 3.39. The number of amides is 1. The summed E-state index contributed by atoms with van der Waals surface area (Å²) in [6.07, 6.45) is 1.95. The zero-order valence-electron chi connectivity index (χ0n) is 10.5. The molecule has 1 unspecified atom stereocenters. The van der Waals surface area contributed by atoms with Crippen LogP contribution in [0.3, 0.4) is 0 Å². The number of likely N-dealkylation sites (tertiary alicyclic amines) is 1. The number of nitrogens with zero attached hydrogens (tertiary/aromatic N) is 3. The molecule has 1 amide bonds. The van der Waals surface area contributed by atoms with Crippen LogP contribution in [0.2, 0.25) is 0 Å². The first-order valence-electron chi connectivity index (χ1n) is 6.06. The number of aromatic nitrogens is 3. The number of rotatable bonds is 3. The Morgan fingerprint density at radius 3 is 3.00 bits per heavy atom. The van der Waals surface area contributed by atoms with Gasteiger partial charge in [-0.25, -0.2) is 9.89 Å². The molecule has 0 aromatic carbocycles. The number of likely N-dealkylation sites (N-methyl/N-ethyl adjacent to an activating group) is 1. The van der Waals surface area contributed by atoms with Crippen molar-refractivity contribution in [3.8, 4) is 0 Å². The Kier molecular flexibility index (Phi) is 2.73. The third kappa shape index (κ3) is 2.07. The van der Waals surface area contributed by atoms with Gasteiger partial charge in [0.25, 0.3) is 0 Å². The number of H-pyrrole nitrogens is 1. The molecular weight excluding hydrogens is 248 g/mol. The Morgan fingerprint density at radius 2 is 2.37 bits per heavy atom. The molecule has 3 rings (SSSR count). The maximum atomic E-state index is 11.8. The predicted molar refractivity (Wildman–Crippen MR) is 65.7 cm³/mol. The monoisotopic (exact) mass is 262 g/mol. The van der Waals surface area contributed by atoms with Gasteiger partial charge in [-0.1, -0.05) is 0 Å². The van der Waals surface area contributed by atoms with Crippen LogP contribution >= 0.6 is 0 Å². The van der Waals surface area contributed by atoms with Gasteiger partial charge in [0.1, 0.15) is 11.6 Å². The SMILES string of the molecule is CN1CC(c2n[nH]c(=O)n2Cc2ccco2)CC1=O. The number of carbonyl (C=O) groups excluding carboxylic acids is 1. The van der Waals surface area contributed by atoms with Gasteiger partial charge in [-0.2, -0.15) is 5.10 Å². The highest BCUT2D eigenvalue weighted by Gasteiger charge is 2.32. The molecule has 0 radical (unpaired) electrons. The minimum atomic E-state index is -0.284. The highest BCUT2D eigenvalue weighted by atomic mass is 16.3. The number of aromatic amines is 1. The second-order valence-electron chi connectivity index (χ2n) is 4.73. The van der Waals surface area contributed by atoms with E-state index in [0.717, 1.165) is 0 Å². The van der Waals surface area contributed by atoms with Crippen LogP contribution in [0.4, 0.5) is 0 Å². The summed E-state index contributed by atoms with van der Waals surface area (Å²) < 4.78 is 6.77. The molecule has 19 heavy (non-hydrogen) atoms. The molecule has 1 atom stereocenters. The smallest absolute Gasteiger partial charge is 0.343 e. The lowest BCUT2D eigenvalue weighted by Crippen LogP contribution is -2.22. The van der Waals surface area contributed by atoms with Crippen molar-refractivity contribution < 1.29 is 9.21 Å². The van der Waals surface area contributed by atoms with Gasteiger partial charge in [-0.05, 0) is 12.1 Å². The van der Waals surface area contributed by atoms with Crippen LogP contribution in [0.25, 0.3) is 0 Å². The second-order valence-corrected chi connectivity index (χ2v) is 4.73. The van der Waals surface area contributed by atoms with Crippen molar-refractivity contribution in [2.24, 2.45) is 0 Å². The molecule has 7 heteroatoms. The van der Waals surface area contributed by atoms with Gasteiger partial charge in [-0.15, -0.1) is 0 Å². The van der Waals surface area contributed by atoms with Crippen LogP contribution in [0.1, 0.15) is 23.9 Å². The molecule has 1 aliphatic heterocycles. The molecular formula is C12H14N4O3. The molecule has 3 heterocycles. The zero-order valence-corrected chi connectivity index (χ0v) is 10.5. The molecule has 2 aromatic rings. The van der Waals surface area contributed by atoms with E-state index in [-0.39, 0.29) is 17.5 Å². The van der Waals surface area contributed by atoms with Crippen molar-refractivity contribution in [1.82, 2.24) is 19.7 Å². The molecule has 100 valence electrons. The second kappa shape index (κ2) is 4.42. The number of hydrogen-bond donors (Lipinski definition) is 1. The quantitative estimate of drug-likeness (QED) is 0.853. The first-order valence-corrected chi connectivity index (χ1v) is 6.06. The van der Waals surface area contributed by atoms with E-state index >= 15 is 0 Å². The van der Waals surface area contributed by atoms with Gasteiger partial charge in [0.15, 0.2) is 0 Å². The molecule has 1 saturated heterocycles. The Morgan fingerprint density at radius 1 is 1.53 bits per heavy atom. The third-order valence-electron chi connectivity index (χ3n) is 3.39. The summed E-state index contributed by atoms with van der Waals surface area (Å²) in [7, 11) is 1.75. The summed E-state index contributed by atoms with van der Waals surface area (Å²) in [6.45, 7) is 0.910. The Bertz CT molecular complexity index is 640. The molecule has 7 nitrogen and oxygen atoms in total. The summed E-state index contributed by atoms with van der Waals surface area (Å²) in [6, 6.07) is 3.57. The van der Waals surface area contributed by atoms with Crippen LogP contribution < -0.4 is 5.69 Å². The molecule has 0 aliphatic carbocycles. The lowest BCUT2D eigenvalue weighted by atomic mass is 10.1. The molecule has 1 fully saturated rings. The average molecular weight is 262 g/mol. The van der Waals surface area contributed by atoms with Crippen molar-refractivity contribution in [2.45, 2.75) is 18.9 Å². The maximum Gasteiger partial charge on any atom is 0.343 e. The van der Waals surface area contributed by atoms with E-state index in [4.69, 9.17) is 4.42 Å². The van der Waals surface area contributed by atoms with Gasteiger partial charge in [0, 0.05) is 25.9 Å². The Hall–Kier alpha value is -2.31. The van der Waals surface area contributed by atoms with E-state index in [9.17, 15) is 9.59 Å². The highest BCUT2D eigenvalue weighted by molar-refractivity contribution is 5.79. The van der Waals surface area contributed by atoms with Crippen molar-refractivity contribution in [2.75, 3.05) is 13.6 Å². The number of nitrogens with one attached hydrogen (secondary N) is 1. The number of carbonyl (C=O) groups is 1. The van der Waals surface area contributed by atoms with Gasteiger partial charge in [-0.3, -0.25) is 9.36 Å². The van der Waals surface area contributed by atoms with Crippen LogP contribution in [0.15, 0.2) is 27.6 Å². The first kappa shape index (κ1) is 11.8. The predicted octanol–water partition coefficient (Wildman–Crippen LogP) is 0.158. The van der Waals surface area contributed by atoms with Crippen LogP contribution in [0.5, 0.6) is 0 Å². The zero-order chi connectivity index (χ0) is 13.4. The summed E-state index contributed by atoms with van der Waals surface area (Å²) >= 11 is 0. The van der Waals surface area contributed by atoms with Crippen molar-refractivity contribution in [3.05, 3.63) is 40.5 Å². The molecule has 0 bridgehead atoms. The molecule has 2 aromatic heterocycles. The van der Waals surface area contributed by atoms with Crippen LogP contribution in [-0.4, -0.2) is 39.2 Å². The lowest BCUT2D eigenvalue weighted by molar-refractivity contribution is -0.126. The van der Waals surface area contributed by atoms with Gasteiger partial charge in [0.05, 0.1) is 12.8 Å². The summed E-state index contributed by atoms with van der Waals surface area (Å²) in [5.41, 5.74) is -0.284. The first-order chi connectivity index (χ1) is 9.15. The summed E-state index contributed by atoms with van der Waals surface area (Å²) in [4.78, 5) is 25.0. The van der Waals surface area contributed by atoms with Gasteiger partial charge in [0.2, 0.25) is 5.91 Å². The van der Waals surface area contributed by atoms with E-state index in [1.807, 2.05) is 0 Å². The average Bonchev–Trinajstić information content (AvgIpc) is 3.06. The standard InChI is InChI=1S/C12H14N4O3/c1-15-6-8(5-10(15)17)11-13-14-12(18)16(11)7-9-3-2-4-19-9/h2-4,8H,5-7H2,1H3,(H,14,18). The topological polar surface area (TPSA) is 84.1 Å². The molecule has 0 spiro atoms. The van der Waals surface area contributed by atoms with E-state index in [2.05, 4.69) is 10.2 Å². The van der Waals surface area contributed by atoms with E-state index < -0.39 is 0 Å². The fraction of sp³-hybridized carbons (Fsp3) is 0.417. The largest absolute Gasteiger partial charge is 0.467 e. The lowest BCUT2D eigenvalue weighted by Gasteiger charge is -2.10. The normalized spacial score (nSPS) is 19.3. The highest BCUT2D eigenvalue weighted by Crippen LogP contribution is 2.25. The number of furan rings is 1. The van der Waals surface area contributed by atoms with Crippen LogP contribution in [0, 0.1) is 0 Å². The van der Waals surface area contributed by atoms with E-state index in [1.165, 1.54) is 4.57 Å². The molecule has 0 saturated carbocycles. The minimum Gasteiger partial charge on any atom is -0.467 e.